The lowest BCUT2D eigenvalue weighted by atomic mass is 9.54. The van der Waals surface area contributed by atoms with Crippen LogP contribution in [0.1, 0.15) is 32.1 Å². The molecule has 1 amide bonds. The summed E-state index contributed by atoms with van der Waals surface area (Å²) in [5, 5.41) is 3.18. The van der Waals surface area contributed by atoms with Gasteiger partial charge in [-0.3, -0.25) is 9.10 Å². The molecule has 28 heavy (non-hydrogen) atoms. The molecule has 4 saturated carbocycles. The summed E-state index contributed by atoms with van der Waals surface area (Å²) >= 11 is 0. The minimum atomic E-state index is -3.77. The van der Waals surface area contributed by atoms with Gasteiger partial charge in [0.05, 0.1) is 12.2 Å². The molecule has 152 valence electrons. The van der Waals surface area contributed by atoms with Gasteiger partial charge in [0, 0.05) is 19.1 Å². The molecule has 1 aromatic rings. The molecule has 0 unspecified atom stereocenters. The molecular weight excluding hydrogens is 381 g/mol. The van der Waals surface area contributed by atoms with Crippen molar-refractivity contribution in [1.82, 2.24) is 9.62 Å². The van der Waals surface area contributed by atoms with E-state index in [1.54, 1.807) is 0 Å². The molecule has 1 heterocycles. The van der Waals surface area contributed by atoms with E-state index in [4.69, 9.17) is 0 Å². The van der Waals surface area contributed by atoms with E-state index in [1.165, 1.54) is 65.0 Å². The largest absolute Gasteiger partial charge is 0.352 e. The molecule has 1 N–H and O–H groups in total. The molecule has 4 bridgehead atoms. The number of carbonyl (C=O) groups excluding carboxylic acids is 1. The van der Waals surface area contributed by atoms with E-state index in [0.717, 1.165) is 11.8 Å². The van der Waals surface area contributed by atoms with Gasteiger partial charge in [0.2, 0.25) is 5.91 Å². The first kappa shape index (κ1) is 18.4. The van der Waals surface area contributed by atoms with E-state index in [0.29, 0.717) is 17.5 Å². The average molecular weight is 408 g/mol. The molecule has 5 fully saturated rings. The van der Waals surface area contributed by atoms with Gasteiger partial charge in [0.15, 0.2) is 0 Å². The Kier molecular flexibility index (Phi) is 4.39. The van der Waals surface area contributed by atoms with Gasteiger partial charge in [-0.05, 0) is 80.0 Å². The Bertz CT molecular complexity index is 845. The number of rotatable bonds is 4. The molecule has 1 aliphatic heterocycles. The van der Waals surface area contributed by atoms with Crippen LogP contribution in [-0.4, -0.2) is 44.3 Å². The van der Waals surface area contributed by atoms with Crippen molar-refractivity contribution >= 4 is 21.8 Å². The van der Waals surface area contributed by atoms with Gasteiger partial charge in [-0.1, -0.05) is 0 Å². The quantitative estimate of drug-likeness (QED) is 0.831. The second kappa shape index (κ2) is 6.69. The molecule has 0 radical (unpaired) electrons. The second-order valence-electron chi connectivity index (χ2n) is 8.91. The normalized spacial score (nSPS) is 36.0. The first-order valence-electron chi connectivity index (χ1n) is 10.2. The van der Waals surface area contributed by atoms with Crippen molar-refractivity contribution in [2.24, 2.45) is 23.7 Å². The zero-order chi connectivity index (χ0) is 19.5. The third-order valence-corrected chi connectivity index (χ3v) is 9.06. The minimum Gasteiger partial charge on any atom is -0.352 e. The fourth-order valence-electron chi connectivity index (χ4n) is 6.16. The van der Waals surface area contributed by atoms with E-state index >= 15 is 0 Å². The van der Waals surface area contributed by atoms with Gasteiger partial charge < -0.3 is 5.32 Å². The Hall–Kier alpha value is -1.67. The van der Waals surface area contributed by atoms with Crippen LogP contribution in [0.3, 0.4) is 0 Å². The topological polar surface area (TPSA) is 69.7 Å². The molecule has 0 atom stereocenters. The lowest BCUT2D eigenvalue weighted by Gasteiger charge is -2.54. The fraction of sp³-hybridized carbons (Fsp3) is 0.650. The highest BCUT2D eigenvalue weighted by Crippen LogP contribution is 2.53. The summed E-state index contributed by atoms with van der Waals surface area (Å²) in [6.07, 6.45) is 6.19. The molecule has 0 spiro atoms. The Balaban J connectivity index is 1.24. The first-order chi connectivity index (χ1) is 13.4. The first-order valence-corrected chi connectivity index (χ1v) is 11.6. The van der Waals surface area contributed by atoms with Crippen LogP contribution in [0.5, 0.6) is 0 Å². The number of carbonyl (C=O) groups is 1. The third-order valence-electron chi connectivity index (χ3n) is 7.15. The predicted molar refractivity (Wildman–Crippen MR) is 103 cm³/mol. The SMILES string of the molecule is O=C(CN1CCN(c2ccc(F)cc2)S1(=O)=O)NC1C2CC3CC(C2)CC1C3. The molecule has 5 aliphatic rings. The summed E-state index contributed by atoms with van der Waals surface area (Å²) in [6.45, 7) is 0.372. The minimum absolute atomic E-state index is 0.150. The summed E-state index contributed by atoms with van der Waals surface area (Å²) < 4.78 is 41.3. The van der Waals surface area contributed by atoms with Gasteiger partial charge in [-0.15, -0.1) is 0 Å². The Morgan fingerprint density at radius 2 is 1.61 bits per heavy atom. The van der Waals surface area contributed by atoms with Crippen LogP contribution < -0.4 is 9.62 Å². The highest BCUT2D eigenvalue weighted by atomic mass is 32.2. The van der Waals surface area contributed by atoms with Crippen molar-refractivity contribution < 1.29 is 17.6 Å². The fourth-order valence-corrected chi connectivity index (χ4v) is 7.73. The number of nitrogens with one attached hydrogen (secondary N) is 1. The lowest BCUT2D eigenvalue weighted by Crippen LogP contribution is -2.57. The maximum Gasteiger partial charge on any atom is 0.304 e. The van der Waals surface area contributed by atoms with Crippen molar-refractivity contribution in [3.63, 3.8) is 0 Å². The summed E-state index contributed by atoms with van der Waals surface area (Å²) in [5.41, 5.74) is 0.422. The van der Waals surface area contributed by atoms with Crippen LogP contribution in [0.15, 0.2) is 24.3 Å². The standard InChI is InChI=1S/C20H26FN3O3S/c21-17-1-3-18(4-2-17)24-6-5-23(28(24,26)27)12-19(25)22-20-15-8-13-7-14(10-15)11-16(20)9-13/h1-4,13-16,20H,5-12H2,(H,22,25). The van der Waals surface area contributed by atoms with Gasteiger partial charge in [0.25, 0.3) is 0 Å². The van der Waals surface area contributed by atoms with Crippen molar-refractivity contribution in [2.45, 2.75) is 38.1 Å². The number of anilines is 1. The zero-order valence-electron chi connectivity index (χ0n) is 15.8. The summed E-state index contributed by atoms with van der Waals surface area (Å²) in [7, 11) is -3.77. The van der Waals surface area contributed by atoms with E-state index in [2.05, 4.69) is 5.32 Å². The van der Waals surface area contributed by atoms with Crippen LogP contribution in [0, 0.1) is 29.5 Å². The number of hydrogen-bond donors (Lipinski definition) is 1. The average Bonchev–Trinajstić information content (AvgIpc) is 2.92. The smallest absolute Gasteiger partial charge is 0.304 e. The number of benzene rings is 1. The van der Waals surface area contributed by atoms with E-state index < -0.39 is 16.0 Å². The highest BCUT2D eigenvalue weighted by Gasteiger charge is 2.49. The molecule has 8 heteroatoms. The second-order valence-corrected chi connectivity index (χ2v) is 10.8. The lowest BCUT2D eigenvalue weighted by molar-refractivity contribution is -0.125. The Morgan fingerprint density at radius 1 is 1.00 bits per heavy atom. The molecule has 6 nitrogen and oxygen atoms in total. The molecule has 1 saturated heterocycles. The van der Waals surface area contributed by atoms with E-state index in [9.17, 15) is 17.6 Å². The predicted octanol–water partition coefficient (Wildman–Crippen LogP) is 2.13. The maximum atomic E-state index is 13.1. The number of hydrogen-bond acceptors (Lipinski definition) is 3. The van der Waals surface area contributed by atoms with Crippen LogP contribution in [0.25, 0.3) is 0 Å². The molecular formula is C20H26FN3O3S. The van der Waals surface area contributed by atoms with Gasteiger partial charge in [-0.25, -0.2) is 4.39 Å². The summed E-state index contributed by atoms with van der Waals surface area (Å²) in [6, 6.07) is 5.59. The number of halogens is 1. The molecule has 4 aliphatic carbocycles. The van der Waals surface area contributed by atoms with Crippen molar-refractivity contribution in [3.05, 3.63) is 30.1 Å². The molecule has 6 rings (SSSR count). The summed E-state index contributed by atoms with van der Waals surface area (Å²) in [4.78, 5) is 12.7. The Morgan fingerprint density at radius 3 is 2.21 bits per heavy atom. The van der Waals surface area contributed by atoms with Crippen LogP contribution in [-0.2, 0) is 15.0 Å². The number of amides is 1. The van der Waals surface area contributed by atoms with Gasteiger partial charge >= 0.3 is 10.2 Å². The Labute approximate surface area is 165 Å². The van der Waals surface area contributed by atoms with Crippen LogP contribution in [0.2, 0.25) is 0 Å². The maximum absolute atomic E-state index is 13.1. The summed E-state index contributed by atoms with van der Waals surface area (Å²) in [5.74, 6) is 2.17. The van der Waals surface area contributed by atoms with Gasteiger partial charge in [-0.2, -0.15) is 12.7 Å². The molecule has 0 aromatic heterocycles. The van der Waals surface area contributed by atoms with Crippen LogP contribution in [0.4, 0.5) is 10.1 Å². The zero-order valence-corrected chi connectivity index (χ0v) is 16.6. The highest BCUT2D eigenvalue weighted by molar-refractivity contribution is 7.90. The number of nitrogens with zero attached hydrogens (tertiary/aromatic N) is 2. The van der Waals surface area contributed by atoms with Crippen LogP contribution >= 0.6 is 0 Å². The van der Waals surface area contributed by atoms with Crippen molar-refractivity contribution in [3.8, 4) is 0 Å². The third kappa shape index (κ3) is 3.10. The molecule has 1 aromatic carbocycles. The van der Waals surface area contributed by atoms with E-state index in [-0.39, 0.29) is 31.6 Å². The van der Waals surface area contributed by atoms with Crippen molar-refractivity contribution in [2.75, 3.05) is 23.9 Å². The van der Waals surface area contributed by atoms with Crippen molar-refractivity contribution in [1.29, 1.82) is 0 Å². The van der Waals surface area contributed by atoms with E-state index in [1.807, 2.05) is 0 Å². The van der Waals surface area contributed by atoms with Gasteiger partial charge in [0.1, 0.15) is 5.82 Å². The monoisotopic (exact) mass is 407 g/mol.